The number of rotatable bonds is 5. The highest BCUT2D eigenvalue weighted by Crippen LogP contribution is 2.17. The van der Waals surface area contributed by atoms with Gasteiger partial charge in [-0.15, -0.1) is 0 Å². The predicted molar refractivity (Wildman–Crippen MR) is 64.0 cm³/mol. The molecule has 16 heavy (non-hydrogen) atoms. The summed E-state index contributed by atoms with van der Waals surface area (Å²) in [5.74, 6) is -0.165. The quantitative estimate of drug-likeness (QED) is 0.832. The second kappa shape index (κ2) is 5.97. The van der Waals surface area contributed by atoms with Crippen molar-refractivity contribution in [1.29, 1.82) is 0 Å². The van der Waals surface area contributed by atoms with Crippen LogP contribution in [0.1, 0.15) is 31.0 Å². The zero-order valence-electron chi connectivity index (χ0n) is 10.4. The van der Waals surface area contributed by atoms with Gasteiger partial charge in [-0.3, -0.25) is 0 Å². The molecule has 90 valence electrons. The molecule has 0 aliphatic carbocycles. The molecule has 0 spiro atoms. The molecule has 0 radical (unpaired) electrons. The summed E-state index contributed by atoms with van der Waals surface area (Å²) in [7, 11) is 1.85. The summed E-state index contributed by atoms with van der Waals surface area (Å²) < 4.78 is 18.9. The third kappa shape index (κ3) is 3.58. The number of nitrogens with one attached hydrogen (secondary N) is 1. The van der Waals surface area contributed by atoms with E-state index in [0.29, 0.717) is 12.2 Å². The van der Waals surface area contributed by atoms with Crippen LogP contribution in [-0.4, -0.2) is 19.8 Å². The summed E-state index contributed by atoms with van der Waals surface area (Å²) in [5, 5.41) is 3.13. The van der Waals surface area contributed by atoms with Gasteiger partial charge in [0.15, 0.2) is 0 Å². The average Bonchev–Trinajstić information content (AvgIpc) is 2.23. The van der Waals surface area contributed by atoms with Crippen LogP contribution >= 0.6 is 0 Å². The van der Waals surface area contributed by atoms with Crippen molar-refractivity contribution in [2.75, 3.05) is 13.7 Å². The van der Waals surface area contributed by atoms with E-state index >= 15 is 0 Å². The van der Waals surface area contributed by atoms with E-state index in [1.54, 1.807) is 19.1 Å². The standard InChI is InChI=1S/C13H20FNO/c1-9(2)16-8-13(15-4)11-6-5-10(3)12(14)7-11/h5-7,9,13,15H,8H2,1-4H3. The third-order valence-corrected chi connectivity index (χ3v) is 2.54. The van der Waals surface area contributed by atoms with Crippen LogP contribution in [0.15, 0.2) is 18.2 Å². The summed E-state index contributed by atoms with van der Waals surface area (Å²) in [6, 6.07) is 5.34. The molecule has 0 fully saturated rings. The molecule has 0 saturated carbocycles. The Morgan fingerprint density at radius 2 is 2.06 bits per heavy atom. The Kier molecular flexibility index (Phi) is 4.90. The van der Waals surface area contributed by atoms with Gasteiger partial charge in [0, 0.05) is 0 Å². The lowest BCUT2D eigenvalue weighted by molar-refractivity contribution is 0.0626. The fourth-order valence-corrected chi connectivity index (χ4v) is 1.46. The number of aryl methyl sites for hydroxylation is 1. The Morgan fingerprint density at radius 1 is 1.38 bits per heavy atom. The van der Waals surface area contributed by atoms with Crippen molar-refractivity contribution in [3.63, 3.8) is 0 Å². The Balaban J connectivity index is 2.74. The lowest BCUT2D eigenvalue weighted by atomic mass is 10.1. The molecule has 1 unspecified atom stereocenters. The summed E-state index contributed by atoms with van der Waals surface area (Å²) in [5.41, 5.74) is 1.59. The lowest BCUT2D eigenvalue weighted by Crippen LogP contribution is -2.23. The van der Waals surface area contributed by atoms with Gasteiger partial charge in [0.25, 0.3) is 0 Å². The molecule has 1 aromatic rings. The van der Waals surface area contributed by atoms with E-state index in [1.807, 2.05) is 27.0 Å². The molecule has 0 heterocycles. The summed E-state index contributed by atoms with van der Waals surface area (Å²) in [6.07, 6.45) is 0.186. The highest BCUT2D eigenvalue weighted by Gasteiger charge is 2.11. The number of hydrogen-bond acceptors (Lipinski definition) is 2. The van der Waals surface area contributed by atoms with Crippen molar-refractivity contribution >= 4 is 0 Å². The minimum atomic E-state index is -0.165. The maximum absolute atomic E-state index is 13.4. The second-order valence-corrected chi connectivity index (χ2v) is 4.23. The van der Waals surface area contributed by atoms with E-state index in [0.717, 1.165) is 5.56 Å². The van der Waals surface area contributed by atoms with Crippen molar-refractivity contribution < 1.29 is 9.13 Å². The first-order chi connectivity index (χ1) is 7.54. The molecular formula is C13H20FNO. The molecule has 0 aliphatic rings. The van der Waals surface area contributed by atoms with Gasteiger partial charge in [0.1, 0.15) is 5.82 Å². The van der Waals surface area contributed by atoms with Crippen molar-refractivity contribution in [1.82, 2.24) is 5.32 Å². The van der Waals surface area contributed by atoms with Crippen LogP contribution in [0, 0.1) is 12.7 Å². The molecule has 1 aromatic carbocycles. The molecule has 1 N–H and O–H groups in total. The topological polar surface area (TPSA) is 21.3 Å². The van der Waals surface area contributed by atoms with Crippen LogP contribution in [0.4, 0.5) is 4.39 Å². The molecule has 0 aliphatic heterocycles. The number of ether oxygens (including phenoxy) is 1. The minimum absolute atomic E-state index is 0.0394. The summed E-state index contributed by atoms with van der Waals surface area (Å²) in [6.45, 7) is 6.29. The number of halogens is 1. The Hall–Kier alpha value is -0.930. The molecule has 0 aromatic heterocycles. The first-order valence-corrected chi connectivity index (χ1v) is 5.59. The highest BCUT2D eigenvalue weighted by atomic mass is 19.1. The molecule has 3 heteroatoms. The van der Waals surface area contributed by atoms with Crippen LogP contribution in [-0.2, 0) is 4.74 Å². The van der Waals surface area contributed by atoms with Gasteiger partial charge in [-0.1, -0.05) is 12.1 Å². The van der Waals surface area contributed by atoms with Crippen molar-refractivity contribution in [2.24, 2.45) is 0 Å². The van der Waals surface area contributed by atoms with E-state index in [2.05, 4.69) is 5.32 Å². The van der Waals surface area contributed by atoms with Gasteiger partial charge in [-0.05, 0) is 45.0 Å². The van der Waals surface area contributed by atoms with E-state index in [-0.39, 0.29) is 18.0 Å². The van der Waals surface area contributed by atoms with Gasteiger partial charge < -0.3 is 10.1 Å². The van der Waals surface area contributed by atoms with E-state index in [4.69, 9.17) is 4.74 Å². The monoisotopic (exact) mass is 225 g/mol. The molecule has 0 amide bonds. The van der Waals surface area contributed by atoms with Crippen LogP contribution in [0.5, 0.6) is 0 Å². The smallest absolute Gasteiger partial charge is 0.126 e. The van der Waals surface area contributed by atoms with Gasteiger partial charge in [-0.25, -0.2) is 4.39 Å². The molecule has 0 saturated heterocycles. The van der Waals surface area contributed by atoms with E-state index < -0.39 is 0 Å². The number of hydrogen-bond donors (Lipinski definition) is 1. The fourth-order valence-electron chi connectivity index (χ4n) is 1.46. The molecular weight excluding hydrogens is 205 g/mol. The van der Waals surface area contributed by atoms with Crippen LogP contribution < -0.4 is 5.32 Å². The second-order valence-electron chi connectivity index (χ2n) is 4.23. The Bertz CT molecular complexity index is 339. The normalized spacial score (nSPS) is 13.1. The van der Waals surface area contributed by atoms with Crippen LogP contribution in [0.2, 0.25) is 0 Å². The average molecular weight is 225 g/mol. The lowest BCUT2D eigenvalue weighted by Gasteiger charge is -2.18. The zero-order chi connectivity index (χ0) is 12.1. The van der Waals surface area contributed by atoms with Gasteiger partial charge in [-0.2, -0.15) is 0 Å². The fraction of sp³-hybridized carbons (Fsp3) is 0.538. The molecule has 0 bridgehead atoms. The molecule has 1 rings (SSSR count). The Morgan fingerprint density at radius 3 is 2.56 bits per heavy atom. The van der Waals surface area contributed by atoms with Gasteiger partial charge in [0.2, 0.25) is 0 Å². The third-order valence-electron chi connectivity index (χ3n) is 2.54. The molecule has 2 nitrogen and oxygen atoms in total. The van der Waals surface area contributed by atoms with E-state index in [9.17, 15) is 4.39 Å². The van der Waals surface area contributed by atoms with Crippen molar-refractivity contribution in [2.45, 2.75) is 32.9 Å². The maximum Gasteiger partial charge on any atom is 0.126 e. The number of benzene rings is 1. The van der Waals surface area contributed by atoms with Crippen LogP contribution in [0.3, 0.4) is 0 Å². The number of likely N-dealkylation sites (N-methyl/N-ethyl adjacent to an activating group) is 1. The summed E-state index contributed by atoms with van der Waals surface area (Å²) in [4.78, 5) is 0. The van der Waals surface area contributed by atoms with Crippen LogP contribution in [0.25, 0.3) is 0 Å². The van der Waals surface area contributed by atoms with Crippen molar-refractivity contribution in [3.05, 3.63) is 35.1 Å². The minimum Gasteiger partial charge on any atom is -0.377 e. The Labute approximate surface area is 96.8 Å². The molecule has 1 atom stereocenters. The first-order valence-electron chi connectivity index (χ1n) is 5.59. The van der Waals surface area contributed by atoms with Crippen molar-refractivity contribution in [3.8, 4) is 0 Å². The SMILES string of the molecule is CNC(COC(C)C)c1ccc(C)c(F)c1. The van der Waals surface area contributed by atoms with Gasteiger partial charge in [0.05, 0.1) is 18.8 Å². The zero-order valence-corrected chi connectivity index (χ0v) is 10.4. The largest absolute Gasteiger partial charge is 0.377 e. The first kappa shape index (κ1) is 13.1. The highest BCUT2D eigenvalue weighted by molar-refractivity contribution is 5.25. The van der Waals surface area contributed by atoms with E-state index in [1.165, 1.54) is 0 Å². The van der Waals surface area contributed by atoms with Gasteiger partial charge >= 0.3 is 0 Å². The maximum atomic E-state index is 13.4. The predicted octanol–water partition coefficient (Wildman–Crippen LogP) is 2.82. The summed E-state index contributed by atoms with van der Waals surface area (Å²) >= 11 is 0.